The molecule has 6 heteroatoms. The molecule has 2 heterocycles. The van der Waals surface area contributed by atoms with Crippen LogP contribution in [0, 0.1) is 0 Å². The summed E-state index contributed by atoms with van der Waals surface area (Å²) in [4.78, 5) is 18.0. The van der Waals surface area contributed by atoms with Crippen molar-refractivity contribution >= 4 is 5.78 Å². The predicted molar refractivity (Wildman–Crippen MR) is 148 cm³/mol. The molecule has 1 aliphatic rings. The van der Waals surface area contributed by atoms with Gasteiger partial charge in [0, 0.05) is 43.3 Å². The topological polar surface area (TPSA) is 85.0 Å². The fraction of sp³-hybridized carbons (Fsp3) is 0.290. The van der Waals surface area contributed by atoms with Crippen LogP contribution in [-0.2, 0) is 19.6 Å². The number of fused-ring (bicyclic) bond motifs is 1. The Kier molecular flexibility index (Phi) is 7.07. The Morgan fingerprint density at radius 3 is 2.59 bits per heavy atom. The molecule has 0 bridgehead atoms. The van der Waals surface area contributed by atoms with Crippen molar-refractivity contribution in [2.24, 2.45) is 5.73 Å². The summed E-state index contributed by atoms with van der Waals surface area (Å²) in [5.74, 6) is 0.0864. The van der Waals surface area contributed by atoms with Crippen molar-refractivity contribution in [3.63, 3.8) is 0 Å². The van der Waals surface area contributed by atoms with Crippen molar-refractivity contribution in [1.82, 2.24) is 20.2 Å². The average Bonchev–Trinajstić information content (AvgIpc) is 3.26. The van der Waals surface area contributed by atoms with Crippen LogP contribution >= 0.6 is 0 Å². The SMILES string of the molecule is CC(C)(C)NCc1ccccc1-c1ccc(C2CC(=O)c3c(ncn3-c3cccc(CN)c3)CN2)cc1. The molecule has 0 fully saturated rings. The summed E-state index contributed by atoms with van der Waals surface area (Å²) < 4.78 is 1.90. The number of nitrogens with zero attached hydrogens (tertiary/aromatic N) is 2. The van der Waals surface area contributed by atoms with Crippen LogP contribution in [0.25, 0.3) is 16.8 Å². The van der Waals surface area contributed by atoms with E-state index in [0.717, 1.165) is 29.1 Å². The molecule has 0 aliphatic carbocycles. The van der Waals surface area contributed by atoms with Crippen molar-refractivity contribution in [3.8, 4) is 16.8 Å². The summed E-state index contributed by atoms with van der Waals surface area (Å²) in [5.41, 5.74) is 14.0. The Morgan fingerprint density at radius 1 is 1.05 bits per heavy atom. The van der Waals surface area contributed by atoms with Gasteiger partial charge in [0.1, 0.15) is 12.0 Å². The van der Waals surface area contributed by atoms with E-state index in [4.69, 9.17) is 5.73 Å². The van der Waals surface area contributed by atoms with Crippen LogP contribution in [0.3, 0.4) is 0 Å². The summed E-state index contributed by atoms with van der Waals surface area (Å²) in [6, 6.07) is 25.0. The first-order chi connectivity index (χ1) is 17.8. The van der Waals surface area contributed by atoms with Crippen LogP contribution in [0.2, 0.25) is 0 Å². The van der Waals surface area contributed by atoms with Gasteiger partial charge in [-0.05, 0) is 60.7 Å². The quantitative estimate of drug-likeness (QED) is 0.339. The standard InChI is InChI=1S/C31H35N5O/c1-31(2,3)35-18-24-8-4-5-10-26(24)22-11-13-23(14-12-22)27-16-29(37)30-28(19-33-27)34-20-36(30)25-9-6-7-21(15-25)17-32/h4-15,20,27,33,35H,16-19,32H2,1-3H3. The van der Waals surface area contributed by atoms with Crippen molar-refractivity contribution in [2.75, 3.05) is 0 Å². The van der Waals surface area contributed by atoms with Crippen LogP contribution in [0.5, 0.6) is 0 Å². The van der Waals surface area contributed by atoms with Gasteiger partial charge in [-0.3, -0.25) is 9.36 Å². The van der Waals surface area contributed by atoms with E-state index in [1.54, 1.807) is 6.33 Å². The minimum Gasteiger partial charge on any atom is -0.326 e. The first-order valence-corrected chi connectivity index (χ1v) is 12.9. The number of rotatable bonds is 6. The number of nitrogens with two attached hydrogens (primary N) is 1. The van der Waals surface area contributed by atoms with Gasteiger partial charge in [0.25, 0.3) is 0 Å². The number of carbonyl (C=O) groups is 1. The second kappa shape index (κ2) is 10.4. The molecule has 37 heavy (non-hydrogen) atoms. The molecule has 1 aromatic heterocycles. The third kappa shape index (κ3) is 5.57. The fourth-order valence-corrected chi connectivity index (χ4v) is 4.86. The lowest BCUT2D eigenvalue weighted by atomic mass is 9.95. The maximum absolute atomic E-state index is 13.5. The molecule has 0 amide bonds. The number of carbonyl (C=O) groups excluding carboxylic acids is 1. The Hall–Kier alpha value is -3.58. The second-order valence-corrected chi connectivity index (χ2v) is 10.7. The Balaban J connectivity index is 1.36. The zero-order valence-electron chi connectivity index (χ0n) is 21.8. The van der Waals surface area contributed by atoms with Crippen molar-refractivity contribution in [3.05, 3.63) is 107 Å². The first-order valence-electron chi connectivity index (χ1n) is 12.9. The second-order valence-electron chi connectivity index (χ2n) is 10.7. The molecular formula is C31H35N5O. The van der Waals surface area contributed by atoms with Gasteiger partial charge >= 0.3 is 0 Å². The number of hydrogen-bond acceptors (Lipinski definition) is 5. The highest BCUT2D eigenvalue weighted by Crippen LogP contribution is 2.30. The molecule has 1 unspecified atom stereocenters. The van der Waals surface area contributed by atoms with E-state index in [1.165, 1.54) is 16.7 Å². The number of benzene rings is 3. The molecule has 1 aliphatic heterocycles. The summed E-state index contributed by atoms with van der Waals surface area (Å²) in [7, 11) is 0. The minimum atomic E-state index is -0.0719. The molecule has 0 radical (unpaired) electrons. The summed E-state index contributed by atoms with van der Waals surface area (Å²) in [5, 5.41) is 7.14. The molecule has 5 rings (SSSR count). The van der Waals surface area contributed by atoms with Crippen LogP contribution < -0.4 is 16.4 Å². The molecule has 190 valence electrons. The van der Waals surface area contributed by atoms with Gasteiger partial charge in [0.15, 0.2) is 5.78 Å². The van der Waals surface area contributed by atoms with E-state index in [-0.39, 0.29) is 17.4 Å². The van der Waals surface area contributed by atoms with E-state index < -0.39 is 0 Å². The molecule has 6 nitrogen and oxygen atoms in total. The highest BCUT2D eigenvalue weighted by atomic mass is 16.1. The summed E-state index contributed by atoms with van der Waals surface area (Å²) in [6.45, 7) is 8.34. The highest BCUT2D eigenvalue weighted by Gasteiger charge is 2.27. The van der Waals surface area contributed by atoms with Gasteiger partial charge in [0.05, 0.1) is 5.69 Å². The van der Waals surface area contributed by atoms with Gasteiger partial charge in [-0.1, -0.05) is 60.7 Å². The number of nitrogens with one attached hydrogen (secondary N) is 2. The normalized spacial score (nSPS) is 15.9. The average molecular weight is 494 g/mol. The lowest BCUT2D eigenvalue weighted by molar-refractivity contribution is 0.0966. The van der Waals surface area contributed by atoms with E-state index in [2.05, 4.69) is 84.9 Å². The Bertz CT molecular complexity index is 1400. The van der Waals surface area contributed by atoms with Gasteiger partial charge in [0.2, 0.25) is 0 Å². The molecule has 0 saturated heterocycles. The zero-order valence-corrected chi connectivity index (χ0v) is 21.8. The van der Waals surface area contributed by atoms with E-state index in [9.17, 15) is 4.79 Å². The molecule has 4 N–H and O–H groups in total. The zero-order chi connectivity index (χ0) is 26.0. The molecule has 3 aromatic carbocycles. The van der Waals surface area contributed by atoms with Crippen LogP contribution in [0.15, 0.2) is 79.1 Å². The third-order valence-electron chi connectivity index (χ3n) is 6.89. The van der Waals surface area contributed by atoms with E-state index >= 15 is 0 Å². The van der Waals surface area contributed by atoms with Crippen molar-refractivity contribution < 1.29 is 4.79 Å². The monoisotopic (exact) mass is 493 g/mol. The number of imidazole rings is 1. The smallest absolute Gasteiger partial charge is 0.183 e. The van der Waals surface area contributed by atoms with Gasteiger partial charge in [-0.15, -0.1) is 0 Å². The fourth-order valence-electron chi connectivity index (χ4n) is 4.86. The Labute approximate surface area is 218 Å². The van der Waals surface area contributed by atoms with Crippen LogP contribution in [0.4, 0.5) is 0 Å². The number of Topliss-reactive ketones (excluding diaryl/α,β-unsaturated/α-hetero) is 1. The third-order valence-corrected chi connectivity index (χ3v) is 6.89. The molecule has 0 saturated carbocycles. The van der Waals surface area contributed by atoms with Crippen LogP contribution in [0.1, 0.15) is 66.1 Å². The maximum atomic E-state index is 13.5. The number of hydrogen-bond donors (Lipinski definition) is 3. The molecular weight excluding hydrogens is 458 g/mol. The molecule has 4 aromatic rings. The van der Waals surface area contributed by atoms with E-state index in [0.29, 0.717) is 25.2 Å². The highest BCUT2D eigenvalue weighted by molar-refractivity contribution is 5.97. The number of ketones is 1. The first kappa shape index (κ1) is 25.1. The number of aromatic nitrogens is 2. The largest absolute Gasteiger partial charge is 0.326 e. The minimum absolute atomic E-state index is 0.0514. The summed E-state index contributed by atoms with van der Waals surface area (Å²) in [6.07, 6.45) is 2.11. The maximum Gasteiger partial charge on any atom is 0.183 e. The lowest BCUT2D eigenvalue weighted by Gasteiger charge is -2.22. The van der Waals surface area contributed by atoms with Crippen molar-refractivity contribution in [2.45, 2.75) is 58.4 Å². The Morgan fingerprint density at radius 2 is 1.84 bits per heavy atom. The summed E-state index contributed by atoms with van der Waals surface area (Å²) >= 11 is 0. The van der Waals surface area contributed by atoms with Crippen molar-refractivity contribution in [1.29, 1.82) is 0 Å². The van der Waals surface area contributed by atoms with Gasteiger partial charge < -0.3 is 16.4 Å². The van der Waals surface area contributed by atoms with Crippen LogP contribution in [-0.4, -0.2) is 20.9 Å². The van der Waals surface area contributed by atoms with E-state index in [1.807, 2.05) is 28.8 Å². The van der Waals surface area contributed by atoms with Gasteiger partial charge in [-0.2, -0.15) is 0 Å². The molecule has 1 atom stereocenters. The van der Waals surface area contributed by atoms with Gasteiger partial charge in [-0.25, -0.2) is 4.98 Å². The molecule has 0 spiro atoms. The predicted octanol–water partition coefficient (Wildman–Crippen LogP) is 5.30. The lowest BCUT2D eigenvalue weighted by Crippen LogP contribution is -2.35.